The van der Waals surface area contributed by atoms with Crippen molar-refractivity contribution < 1.29 is 0 Å². The molecule has 0 saturated carbocycles. The molecule has 0 radical (unpaired) electrons. The van der Waals surface area contributed by atoms with Gasteiger partial charge in [0.15, 0.2) is 0 Å². The van der Waals surface area contributed by atoms with Crippen LogP contribution in [-0.2, 0) is 12.8 Å². The number of aromatic nitrogens is 3. The normalized spacial score (nSPS) is 14.9. The Kier molecular flexibility index (Phi) is 2.12. The number of hydrogen-bond donors (Lipinski definition) is 1. The predicted octanol–water partition coefficient (Wildman–Crippen LogP) is 2.35. The lowest BCUT2D eigenvalue weighted by Crippen LogP contribution is -2.12. The lowest BCUT2D eigenvalue weighted by molar-refractivity contribution is 0.550. The summed E-state index contributed by atoms with van der Waals surface area (Å²) in [7, 11) is 0. The summed E-state index contributed by atoms with van der Waals surface area (Å²) in [4.78, 5) is 8.50. The number of fused-ring (bicyclic) bond motifs is 2. The average molecular weight is 250 g/mol. The van der Waals surface area contributed by atoms with Crippen molar-refractivity contribution in [2.24, 2.45) is 0 Å². The highest BCUT2D eigenvalue weighted by atomic mass is 15.2. The van der Waals surface area contributed by atoms with Gasteiger partial charge in [-0.1, -0.05) is 24.3 Å². The summed E-state index contributed by atoms with van der Waals surface area (Å²) in [5.74, 6) is 0.584. The number of anilines is 1. The molecule has 2 heterocycles. The van der Waals surface area contributed by atoms with E-state index < -0.39 is 0 Å². The molecule has 2 N–H and O–H groups in total. The van der Waals surface area contributed by atoms with Crippen LogP contribution in [0, 0.1) is 0 Å². The van der Waals surface area contributed by atoms with Crippen LogP contribution in [0.25, 0.3) is 11.0 Å². The molecular weight excluding hydrogens is 236 g/mol. The van der Waals surface area contributed by atoms with Gasteiger partial charge in [-0.2, -0.15) is 0 Å². The van der Waals surface area contributed by atoms with Crippen molar-refractivity contribution in [2.45, 2.75) is 18.9 Å². The summed E-state index contributed by atoms with van der Waals surface area (Å²) in [5.41, 5.74) is 10.9. The van der Waals surface area contributed by atoms with Gasteiger partial charge in [-0.3, -0.25) is 4.98 Å². The minimum Gasteiger partial charge on any atom is -0.369 e. The largest absolute Gasteiger partial charge is 0.369 e. The van der Waals surface area contributed by atoms with Crippen LogP contribution in [0.5, 0.6) is 0 Å². The van der Waals surface area contributed by atoms with Crippen LogP contribution in [0.2, 0.25) is 0 Å². The highest BCUT2D eigenvalue weighted by Gasteiger charge is 2.25. The molecule has 0 spiro atoms. The van der Waals surface area contributed by atoms with Gasteiger partial charge in [-0.25, -0.2) is 4.98 Å². The molecule has 4 rings (SSSR count). The van der Waals surface area contributed by atoms with Gasteiger partial charge in [-0.15, -0.1) is 0 Å². The first-order valence-electron chi connectivity index (χ1n) is 6.47. The summed E-state index contributed by atoms with van der Waals surface area (Å²) in [6.45, 7) is 0. The molecule has 0 aliphatic heterocycles. The fraction of sp³-hybridized carbons (Fsp3) is 0.200. The second kappa shape index (κ2) is 3.82. The molecule has 0 saturated heterocycles. The monoisotopic (exact) mass is 250 g/mol. The number of nitrogen functional groups attached to an aromatic ring is 1. The molecule has 1 aliphatic carbocycles. The standard InChI is InChI=1S/C15H14N4/c16-15-18-13-9-17-6-5-14(13)19(15)12-7-10-3-1-2-4-11(10)8-12/h1-6,9,12H,7-8H2,(H2,16,18). The van der Waals surface area contributed by atoms with Crippen LogP contribution in [0.15, 0.2) is 42.7 Å². The van der Waals surface area contributed by atoms with E-state index in [4.69, 9.17) is 5.73 Å². The van der Waals surface area contributed by atoms with Crippen LogP contribution in [0.4, 0.5) is 5.95 Å². The van der Waals surface area contributed by atoms with E-state index in [1.165, 1.54) is 11.1 Å². The lowest BCUT2D eigenvalue weighted by atomic mass is 10.1. The molecular formula is C15H14N4. The third kappa shape index (κ3) is 1.53. The Morgan fingerprint density at radius 2 is 1.84 bits per heavy atom. The number of nitrogens with zero attached hydrogens (tertiary/aromatic N) is 3. The molecule has 0 unspecified atom stereocenters. The van der Waals surface area contributed by atoms with E-state index in [0.717, 1.165) is 23.9 Å². The molecule has 4 nitrogen and oxygen atoms in total. The minimum absolute atomic E-state index is 0.366. The van der Waals surface area contributed by atoms with Gasteiger partial charge in [0.05, 0.1) is 11.7 Å². The van der Waals surface area contributed by atoms with E-state index >= 15 is 0 Å². The van der Waals surface area contributed by atoms with Gasteiger partial charge >= 0.3 is 0 Å². The third-order valence-electron chi connectivity index (χ3n) is 3.91. The second-order valence-corrected chi connectivity index (χ2v) is 5.04. The SMILES string of the molecule is Nc1nc2cnccc2n1C1Cc2ccccc2C1. The van der Waals surface area contributed by atoms with Gasteiger partial charge in [-0.05, 0) is 30.0 Å². The van der Waals surface area contributed by atoms with Gasteiger partial charge in [0.2, 0.25) is 5.95 Å². The molecule has 3 aromatic rings. The first-order chi connectivity index (χ1) is 9.33. The summed E-state index contributed by atoms with van der Waals surface area (Å²) >= 11 is 0. The second-order valence-electron chi connectivity index (χ2n) is 5.04. The molecule has 1 aliphatic rings. The zero-order valence-corrected chi connectivity index (χ0v) is 10.5. The average Bonchev–Trinajstić information content (AvgIpc) is 2.97. The summed E-state index contributed by atoms with van der Waals surface area (Å²) < 4.78 is 2.15. The van der Waals surface area contributed by atoms with Crippen molar-refractivity contribution in [1.29, 1.82) is 0 Å². The molecule has 0 bridgehead atoms. The van der Waals surface area contributed by atoms with Crippen LogP contribution in [0.3, 0.4) is 0 Å². The van der Waals surface area contributed by atoms with Gasteiger partial charge in [0.1, 0.15) is 5.52 Å². The smallest absolute Gasteiger partial charge is 0.201 e. The Morgan fingerprint density at radius 1 is 1.11 bits per heavy atom. The maximum absolute atomic E-state index is 6.09. The maximum atomic E-state index is 6.09. The predicted molar refractivity (Wildman–Crippen MR) is 74.8 cm³/mol. The first-order valence-corrected chi connectivity index (χ1v) is 6.47. The fourth-order valence-electron chi connectivity index (χ4n) is 3.07. The number of benzene rings is 1. The summed E-state index contributed by atoms with van der Waals surface area (Å²) in [6.07, 6.45) is 5.61. The van der Waals surface area contributed by atoms with Crippen LogP contribution >= 0.6 is 0 Å². The number of pyridine rings is 1. The maximum Gasteiger partial charge on any atom is 0.201 e. The Labute approximate surface area is 110 Å². The number of hydrogen-bond acceptors (Lipinski definition) is 3. The van der Waals surface area contributed by atoms with Crippen molar-refractivity contribution in [3.05, 3.63) is 53.9 Å². The quantitative estimate of drug-likeness (QED) is 0.721. The Bertz CT molecular complexity index is 735. The lowest BCUT2D eigenvalue weighted by Gasteiger charge is -2.14. The zero-order valence-electron chi connectivity index (χ0n) is 10.5. The first kappa shape index (κ1) is 10.6. The molecule has 94 valence electrons. The van der Waals surface area contributed by atoms with Crippen LogP contribution < -0.4 is 5.73 Å². The number of rotatable bonds is 1. The van der Waals surface area contributed by atoms with E-state index in [2.05, 4.69) is 38.8 Å². The molecule has 0 fully saturated rings. The number of nitrogens with two attached hydrogens (primary N) is 1. The van der Waals surface area contributed by atoms with Crippen LogP contribution in [0.1, 0.15) is 17.2 Å². The highest BCUT2D eigenvalue weighted by molar-refractivity contribution is 5.77. The van der Waals surface area contributed by atoms with Crippen molar-refractivity contribution in [2.75, 3.05) is 5.73 Å². The van der Waals surface area contributed by atoms with Crippen molar-refractivity contribution in [3.63, 3.8) is 0 Å². The fourth-order valence-corrected chi connectivity index (χ4v) is 3.07. The molecule has 19 heavy (non-hydrogen) atoms. The minimum atomic E-state index is 0.366. The van der Waals surface area contributed by atoms with Crippen molar-refractivity contribution in [3.8, 4) is 0 Å². The Morgan fingerprint density at radius 3 is 2.58 bits per heavy atom. The van der Waals surface area contributed by atoms with E-state index in [9.17, 15) is 0 Å². The van der Waals surface area contributed by atoms with Gasteiger partial charge in [0, 0.05) is 12.2 Å². The van der Waals surface area contributed by atoms with Gasteiger partial charge < -0.3 is 10.3 Å². The molecule has 2 aromatic heterocycles. The van der Waals surface area contributed by atoms with E-state index in [-0.39, 0.29) is 0 Å². The van der Waals surface area contributed by atoms with Gasteiger partial charge in [0.25, 0.3) is 0 Å². The van der Waals surface area contributed by atoms with Crippen LogP contribution in [-0.4, -0.2) is 14.5 Å². The summed E-state index contributed by atoms with van der Waals surface area (Å²) in [5, 5.41) is 0. The van der Waals surface area contributed by atoms with Crippen molar-refractivity contribution >= 4 is 17.0 Å². The molecule has 0 amide bonds. The Balaban J connectivity index is 1.83. The molecule has 1 aromatic carbocycles. The van der Waals surface area contributed by atoms with E-state index in [0.29, 0.717) is 12.0 Å². The van der Waals surface area contributed by atoms with E-state index in [1.807, 2.05) is 6.07 Å². The summed E-state index contributed by atoms with van der Waals surface area (Å²) in [6, 6.07) is 10.9. The zero-order chi connectivity index (χ0) is 12.8. The van der Waals surface area contributed by atoms with E-state index in [1.54, 1.807) is 12.4 Å². The molecule has 0 atom stereocenters. The number of imidazole rings is 1. The topological polar surface area (TPSA) is 56.7 Å². The highest BCUT2D eigenvalue weighted by Crippen LogP contribution is 2.33. The molecule has 4 heteroatoms. The third-order valence-corrected chi connectivity index (χ3v) is 3.91. The van der Waals surface area contributed by atoms with Crippen molar-refractivity contribution in [1.82, 2.24) is 14.5 Å². The Hall–Kier alpha value is -2.36.